The van der Waals surface area contributed by atoms with Gasteiger partial charge in [-0.05, 0) is 25.5 Å². The maximum absolute atomic E-state index is 12.2. The van der Waals surface area contributed by atoms with Crippen molar-refractivity contribution in [3.05, 3.63) is 29.8 Å². The number of hydrogen-bond acceptors (Lipinski definition) is 3. The Bertz CT molecular complexity index is 467. The van der Waals surface area contributed by atoms with Gasteiger partial charge in [-0.3, -0.25) is 0 Å². The van der Waals surface area contributed by atoms with Gasteiger partial charge in [-0.2, -0.15) is 4.31 Å². The lowest BCUT2D eigenvalue weighted by Crippen LogP contribution is -2.31. The molecule has 0 unspecified atom stereocenters. The van der Waals surface area contributed by atoms with E-state index in [1.54, 1.807) is 12.1 Å². The summed E-state index contributed by atoms with van der Waals surface area (Å²) >= 11 is 0. The minimum atomic E-state index is -3.34. The molecule has 16 heavy (non-hydrogen) atoms. The van der Waals surface area contributed by atoms with Crippen LogP contribution in [0.25, 0.3) is 0 Å². The molecular formula is C11H16N2O2S. The Balaban J connectivity index is 2.29. The van der Waals surface area contributed by atoms with E-state index in [0.29, 0.717) is 18.0 Å². The molecule has 1 heterocycles. The second-order valence-corrected chi connectivity index (χ2v) is 6.16. The predicted octanol–water partition coefficient (Wildman–Crippen LogP) is 0.717. The van der Waals surface area contributed by atoms with E-state index < -0.39 is 10.0 Å². The highest BCUT2D eigenvalue weighted by Gasteiger charge is 2.30. The van der Waals surface area contributed by atoms with Crippen molar-refractivity contribution in [2.24, 2.45) is 5.73 Å². The monoisotopic (exact) mass is 240 g/mol. The fraction of sp³-hybridized carbons (Fsp3) is 0.455. The fourth-order valence-electron chi connectivity index (χ4n) is 1.83. The molecule has 0 aliphatic carbocycles. The van der Waals surface area contributed by atoms with Gasteiger partial charge in [-0.15, -0.1) is 0 Å². The molecule has 1 atom stereocenters. The van der Waals surface area contributed by atoms with Crippen molar-refractivity contribution in [1.82, 2.24) is 4.31 Å². The fourth-order valence-corrected chi connectivity index (χ4v) is 3.34. The van der Waals surface area contributed by atoms with E-state index in [-0.39, 0.29) is 6.04 Å². The maximum Gasteiger partial charge on any atom is 0.243 e. The Hall–Kier alpha value is -0.910. The first-order valence-electron chi connectivity index (χ1n) is 5.32. The Labute approximate surface area is 96.1 Å². The maximum atomic E-state index is 12.2. The average Bonchev–Trinajstić information content (AvgIpc) is 2.66. The Morgan fingerprint density at radius 3 is 2.44 bits per heavy atom. The Morgan fingerprint density at radius 1 is 1.31 bits per heavy atom. The molecule has 0 bridgehead atoms. The predicted molar refractivity (Wildman–Crippen MR) is 62.5 cm³/mol. The van der Waals surface area contributed by atoms with Gasteiger partial charge in [0, 0.05) is 19.1 Å². The summed E-state index contributed by atoms with van der Waals surface area (Å²) in [6, 6.07) is 6.88. The SMILES string of the molecule is Cc1ccc(S(=O)(=O)N2CC[C@H](N)C2)cc1. The van der Waals surface area contributed by atoms with Crippen molar-refractivity contribution in [3.63, 3.8) is 0 Å². The summed E-state index contributed by atoms with van der Waals surface area (Å²) in [5.74, 6) is 0. The zero-order valence-electron chi connectivity index (χ0n) is 9.26. The molecule has 88 valence electrons. The molecule has 0 saturated carbocycles. The van der Waals surface area contributed by atoms with Crippen LogP contribution in [0.2, 0.25) is 0 Å². The van der Waals surface area contributed by atoms with Crippen LogP contribution in [0.5, 0.6) is 0 Å². The second kappa shape index (κ2) is 4.16. The highest BCUT2D eigenvalue weighted by molar-refractivity contribution is 7.89. The molecule has 1 aliphatic rings. The number of nitrogens with two attached hydrogens (primary N) is 1. The molecule has 2 N–H and O–H groups in total. The first kappa shape index (κ1) is 11.6. The summed E-state index contributed by atoms with van der Waals surface area (Å²) in [4.78, 5) is 0.354. The van der Waals surface area contributed by atoms with Crippen molar-refractivity contribution >= 4 is 10.0 Å². The van der Waals surface area contributed by atoms with Crippen LogP contribution in [0.1, 0.15) is 12.0 Å². The molecule has 4 nitrogen and oxygen atoms in total. The minimum absolute atomic E-state index is 0.0276. The van der Waals surface area contributed by atoms with Gasteiger partial charge in [0.25, 0.3) is 0 Å². The van der Waals surface area contributed by atoms with Crippen LogP contribution in [0.3, 0.4) is 0 Å². The number of rotatable bonds is 2. The molecule has 0 spiro atoms. The zero-order chi connectivity index (χ0) is 11.8. The number of hydrogen-bond donors (Lipinski definition) is 1. The van der Waals surface area contributed by atoms with Crippen LogP contribution >= 0.6 is 0 Å². The van der Waals surface area contributed by atoms with Gasteiger partial charge in [0.15, 0.2) is 0 Å². The van der Waals surface area contributed by atoms with Crippen molar-refractivity contribution in [2.45, 2.75) is 24.3 Å². The topological polar surface area (TPSA) is 63.4 Å². The van der Waals surface area contributed by atoms with Gasteiger partial charge in [0.2, 0.25) is 10.0 Å². The first-order chi connectivity index (χ1) is 7.50. The summed E-state index contributed by atoms with van der Waals surface area (Å²) < 4.78 is 25.8. The Kier molecular flexibility index (Phi) is 3.01. The molecule has 1 saturated heterocycles. The van der Waals surface area contributed by atoms with E-state index in [2.05, 4.69) is 0 Å². The molecule has 0 aromatic heterocycles. The first-order valence-corrected chi connectivity index (χ1v) is 6.76. The third kappa shape index (κ3) is 2.11. The molecule has 1 aromatic carbocycles. The number of benzene rings is 1. The summed E-state index contributed by atoms with van der Waals surface area (Å²) in [7, 11) is -3.34. The van der Waals surface area contributed by atoms with Crippen LogP contribution in [0.4, 0.5) is 0 Å². The van der Waals surface area contributed by atoms with Crippen molar-refractivity contribution in [2.75, 3.05) is 13.1 Å². The smallest absolute Gasteiger partial charge is 0.243 e. The van der Waals surface area contributed by atoms with Gasteiger partial charge in [0.05, 0.1) is 4.90 Å². The highest BCUT2D eigenvalue weighted by Crippen LogP contribution is 2.20. The van der Waals surface area contributed by atoms with E-state index in [0.717, 1.165) is 12.0 Å². The lowest BCUT2D eigenvalue weighted by molar-refractivity contribution is 0.472. The average molecular weight is 240 g/mol. The lowest BCUT2D eigenvalue weighted by Gasteiger charge is -2.15. The van der Waals surface area contributed by atoms with E-state index in [4.69, 9.17) is 5.73 Å². The number of sulfonamides is 1. The lowest BCUT2D eigenvalue weighted by atomic mass is 10.2. The molecular weight excluding hydrogens is 224 g/mol. The summed E-state index contributed by atoms with van der Waals surface area (Å²) in [5.41, 5.74) is 6.77. The van der Waals surface area contributed by atoms with Gasteiger partial charge >= 0.3 is 0 Å². The number of nitrogens with zero attached hydrogens (tertiary/aromatic N) is 1. The molecule has 0 amide bonds. The van der Waals surface area contributed by atoms with Crippen molar-refractivity contribution < 1.29 is 8.42 Å². The molecule has 0 radical (unpaired) electrons. The van der Waals surface area contributed by atoms with Crippen molar-refractivity contribution in [1.29, 1.82) is 0 Å². The van der Waals surface area contributed by atoms with Crippen LogP contribution in [0.15, 0.2) is 29.2 Å². The normalized spacial score (nSPS) is 22.5. The molecule has 5 heteroatoms. The summed E-state index contributed by atoms with van der Waals surface area (Å²) in [6.45, 7) is 2.88. The van der Waals surface area contributed by atoms with Gasteiger partial charge in [0.1, 0.15) is 0 Å². The second-order valence-electron chi connectivity index (χ2n) is 4.22. The van der Waals surface area contributed by atoms with E-state index in [9.17, 15) is 8.42 Å². The van der Waals surface area contributed by atoms with Crippen LogP contribution in [0, 0.1) is 6.92 Å². The third-order valence-corrected chi connectivity index (χ3v) is 4.73. The molecule has 2 rings (SSSR count). The summed E-state index contributed by atoms with van der Waals surface area (Å²) in [6.07, 6.45) is 0.741. The van der Waals surface area contributed by atoms with Crippen molar-refractivity contribution in [3.8, 4) is 0 Å². The number of aryl methyl sites for hydroxylation is 1. The zero-order valence-corrected chi connectivity index (χ0v) is 10.1. The van der Waals surface area contributed by atoms with Gasteiger partial charge in [-0.25, -0.2) is 8.42 Å². The Morgan fingerprint density at radius 2 is 1.94 bits per heavy atom. The van der Waals surface area contributed by atoms with E-state index in [1.807, 2.05) is 19.1 Å². The standard InChI is InChI=1S/C11H16N2O2S/c1-9-2-4-11(5-3-9)16(14,15)13-7-6-10(12)8-13/h2-5,10H,6-8,12H2,1H3/t10-/m0/s1. The van der Waals surface area contributed by atoms with Crippen LogP contribution in [-0.4, -0.2) is 31.9 Å². The minimum Gasteiger partial charge on any atom is -0.326 e. The largest absolute Gasteiger partial charge is 0.326 e. The third-order valence-electron chi connectivity index (χ3n) is 2.85. The van der Waals surface area contributed by atoms with Crippen LogP contribution < -0.4 is 5.73 Å². The highest BCUT2D eigenvalue weighted by atomic mass is 32.2. The van der Waals surface area contributed by atoms with Gasteiger partial charge < -0.3 is 5.73 Å². The molecule has 1 fully saturated rings. The quantitative estimate of drug-likeness (QED) is 0.828. The molecule has 1 aromatic rings. The summed E-state index contributed by atoms with van der Waals surface area (Å²) in [5, 5.41) is 0. The van der Waals surface area contributed by atoms with Gasteiger partial charge in [-0.1, -0.05) is 17.7 Å². The molecule has 1 aliphatic heterocycles. The van der Waals surface area contributed by atoms with E-state index in [1.165, 1.54) is 4.31 Å². The van der Waals surface area contributed by atoms with E-state index >= 15 is 0 Å². The van der Waals surface area contributed by atoms with Crippen LogP contribution in [-0.2, 0) is 10.0 Å².